The molecule has 0 aromatic heterocycles. The van der Waals surface area contributed by atoms with E-state index in [1.54, 1.807) is 0 Å². The normalized spacial score (nSPS) is 16.2. The van der Waals surface area contributed by atoms with Crippen molar-refractivity contribution >= 4 is 11.8 Å². The van der Waals surface area contributed by atoms with Crippen molar-refractivity contribution in [1.29, 1.82) is 0 Å². The van der Waals surface area contributed by atoms with Gasteiger partial charge in [-0.1, -0.05) is 39.0 Å². The van der Waals surface area contributed by atoms with Crippen LogP contribution < -0.4 is 20.1 Å². The molecule has 0 spiro atoms. The summed E-state index contributed by atoms with van der Waals surface area (Å²) < 4.78 is 11.3. The van der Waals surface area contributed by atoms with E-state index in [0.717, 1.165) is 29.9 Å². The van der Waals surface area contributed by atoms with Crippen LogP contribution in [0.25, 0.3) is 0 Å². The summed E-state index contributed by atoms with van der Waals surface area (Å²) in [6.45, 7) is 7.81. The van der Waals surface area contributed by atoms with Crippen LogP contribution in [-0.2, 0) is 10.2 Å². The maximum atomic E-state index is 12.6. The highest BCUT2D eigenvalue weighted by Crippen LogP contribution is 2.43. The van der Waals surface area contributed by atoms with Crippen molar-refractivity contribution in [2.45, 2.75) is 51.5 Å². The van der Waals surface area contributed by atoms with Crippen LogP contribution in [0.2, 0.25) is 0 Å². The molecule has 6 heteroatoms. The van der Waals surface area contributed by atoms with Crippen LogP contribution >= 0.6 is 0 Å². The molecule has 6 nitrogen and oxygen atoms in total. The summed E-state index contributed by atoms with van der Waals surface area (Å²) in [4.78, 5) is 25.0. The van der Waals surface area contributed by atoms with Crippen LogP contribution in [0.1, 0.15) is 67.6 Å². The van der Waals surface area contributed by atoms with Crippen LogP contribution in [0.3, 0.4) is 0 Å². The van der Waals surface area contributed by atoms with E-state index in [1.165, 1.54) is 5.56 Å². The topological polar surface area (TPSA) is 76.7 Å². The zero-order chi connectivity index (χ0) is 22.7. The number of hydrogen-bond donors (Lipinski definition) is 2. The lowest BCUT2D eigenvalue weighted by molar-refractivity contribution is -0.121. The molecule has 1 aliphatic heterocycles. The molecule has 4 rings (SSSR count). The third kappa shape index (κ3) is 5.42. The minimum absolute atomic E-state index is 0.0426. The average Bonchev–Trinajstić information content (AvgIpc) is 3.62. The van der Waals surface area contributed by atoms with E-state index in [4.69, 9.17) is 9.47 Å². The Morgan fingerprint density at radius 3 is 2.34 bits per heavy atom. The molecule has 1 heterocycles. The predicted molar refractivity (Wildman–Crippen MR) is 123 cm³/mol. The fraction of sp³-hybridized carbons (Fsp3) is 0.462. The first kappa shape index (κ1) is 22.2. The molecule has 2 N–H and O–H groups in total. The van der Waals surface area contributed by atoms with Gasteiger partial charge in [0.25, 0.3) is 5.91 Å². The monoisotopic (exact) mass is 436 g/mol. The molecule has 1 aliphatic carbocycles. The van der Waals surface area contributed by atoms with Gasteiger partial charge >= 0.3 is 0 Å². The zero-order valence-electron chi connectivity index (χ0n) is 19.1. The summed E-state index contributed by atoms with van der Waals surface area (Å²) in [6.07, 6.45) is 2.43. The fourth-order valence-corrected chi connectivity index (χ4v) is 3.92. The van der Waals surface area contributed by atoms with E-state index >= 15 is 0 Å². The standard InChI is InChI=1S/C26H32N2O4/c1-26(2,3)20-9-6-18(7-10-20)25(30)27-13-12-23(29)28-24(17-4-5-17)19-8-11-21-22(16-19)32-15-14-31-21/h6-11,16-17,24H,4-5,12-15H2,1-3H3,(H,27,30)(H,28,29)/t24-/m0/s1. The molecule has 0 saturated heterocycles. The number of hydrogen-bond acceptors (Lipinski definition) is 4. The second-order valence-electron chi connectivity index (χ2n) is 9.62. The van der Waals surface area contributed by atoms with Gasteiger partial charge in [-0.05, 0) is 59.6 Å². The van der Waals surface area contributed by atoms with Gasteiger partial charge in [0.05, 0.1) is 6.04 Å². The van der Waals surface area contributed by atoms with Crippen LogP contribution in [-0.4, -0.2) is 31.6 Å². The first-order chi connectivity index (χ1) is 15.3. The molecule has 32 heavy (non-hydrogen) atoms. The SMILES string of the molecule is CC(C)(C)c1ccc(C(=O)NCCC(=O)N[C@H](c2ccc3c(c2)OCCO3)C2CC2)cc1. The molecule has 1 fully saturated rings. The molecule has 1 atom stereocenters. The molecular weight excluding hydrogens is 404 g/mol. The number of carbonyl (C=O) groups excluding carboxylic acids is 2. The van der Waals surface area contributed by atoms with Gasteiger partial charge in [-0.2, -0.15) is 0 Å². The predicted octanol–water partition coefficient (Wildman–Crippen LogP) is 4.14. The third-order valence-corrected chi connectivity index (χ3v) is 5.99. The number of nitrogens with one attached hydrogen (secondary N) is 2. The first-order valence-electron chi connectivity index (χ1n) is 11.4. The highest BCUT2D eigenvalue weighted by atomic mass is 16.6. The van der Waals surface area contributed by atoms with Gasteiger partial charge < -0.3 is 20.1 Å². The van der Waals surface area contributed by atoms with E-state index in [2.05, 4.69) is 31.4 Å². The Balaban J connectivity index is 1.29. The molecule has 170 valence electrons. The Bertz CT molecular complexity index is 974. The van der Waals surface area contributed by atoms with E-state index in [1.807, 2.05) is 42.5 Å². The quantitative estimate of drug-likeness (QED) is 0.684. The Hall–Kier alpha value is -3.02. The highest BCUT2D eigenvalue weighted by molar-refractivity contribution is 5.94. The van der Waals surface area contributed by atoms with Crippen molar-refractivity contribution in [2.24, 2.45) is 5.92 Å². The lowest BCUT2D eigenvalue weighted by atomic mass is 9.87. The van der Waals surface area contributed by atoms with Crippen molar-refractivity contribution in [3.8, 4) is 11.5 Å². The largest absolute Gasteiger partial charge is 0.486 e. The zero-order valence-corrected chi connectivity index (χ0v) is 19.1. The molecule has 2 aliphatic rings. The smallest absolute Gasteiger partial charge is 0.251 e. The number of rotatable bonds is 7. The minimum atomic E-state index is -0.163. The lowest BCUT2D eigenvalue weighted by Crippen LogP contribution is -2.33. The van der Waals surface area contributed by atoms with Crippen LogP contribution in [0.4, 0.5) is 0 Å². The fourth-order valence-electron chi connectivity index (χ4n) is 3.92. The Kier molecular flexibility index (Phi) is 6.40. The van der Waals surface area contributed by atoms with Gasteiger partial charge in [0.15, 0.2) is 11.5 Å². The Labute approximate surface area is 189 Å². The van der Waals surface area contributed by atoms with E-state index < -0.39 is 0 Å². The molecule has 2 aromatic rings. The van der Waals surface area contributed by atoms with Crippen LogP contribution in [0.5, 0.6) is 11.5 Å². The Morgan fingerprint density at radius 1 is 1.00 bits per heavy atom. The number of benzene rings is 2. The molecule has 0 bridgehead atoms. The second-order valence-corrected chi connectivity index (χ2v) is 9.62. The summed E-state index contributed by atoms with van der Waals surface area (Å²) in [5.41, 5.74) is 2.86. The number of carbonyl (C=O) groups is 2. The number of ether oxygens (including phenoxy) is 2. The van der Waals surface area contributed by atoms with Gasteiger partial charge in [0.2, 0.25) is 5.91 Å². The van der Waals surface area contributed by atoms with Crippen LogP contribution in [0, 0.1) is 5.92 Å². The van der Waals surface area contributed by atoms with Crippen molar-refractivity contribution in [3.05, 3.63) is 59.2 Å². The number of fused-ring (bicyclic) bond motifs is 1. The van der Waals surface area contributed by atoms with Gasteiger partial charge in [-0.3, -0.25) is 9.59 Å². The van der Waals surface area contributed by atoms with E-state index in [9.17, 15) is 9.59 Å². The molecule has 1 saturated carbocycles. The van der Waals surface area contributed by atoms with E-state index in [0.29, 0.717) is 31.2 Å². The van der Waals surface area contributed by atoms with E-state index in [-0.39, 0.29) is 29.7 Å². The average molecular weight is 437 g/mol. The number of amides is 2. The van der Waals surface area contributed by atoms with Crippen molar-refractivity contribution in [2.75, 3.05) is 19.8 Å². The maximum absolute atomic E-state index is 12.6. The van der Waals surface area contributed by atoms with Crippen LogP contribution in [0.15, 0.2) is 42.5 Å². The van der Waals surface area contributed by atoms with Crippen molar-refractivity contribution < 1.29 is 19.1 Å². The third-order valence-electron chi connectivity index (χ3n) is 5.99. The molecule has 0 radical (unpaired) electrons. The Morgan fingerprint density at radius 2 is 1.69 bits per heavy atom. The molecule has 2 aromatic carbocycles. The lowest BCUT2D eigenvalue weighted by Gasteiger charge is -2.23. The van der Waals surface area contributed by atoms with Gasteiger partial charge in [0.1, 0.15) is 13.2 Å². The summed E-state index contributed by atoms with van der Waals surface area (Å²) in [7, 11) is 0. The minimum Gasteiger partial charge on any atom is -0.486 e. The highest BCUT2D eigenvalue weighted by Gasteiger charge is 2.34. The van der Waals surface area contributed by atoms with Crippen molar-refractivity contribution in [1.82, 2.24) is 10.6 Å². The second kappa shape index (κ2) is 9.23. The summed E-state index contributed by atoms with van der Waals surface area (Å²) >= 11 is 0. The van der Waals surface area contributed by atoms with Gasteiger partial charge in [-0.15, -0.1) is 0 Å². The molecule has 0 unspecified atom stereocenters. The summed E-state index contributed by atoms with van der Waals surface area (Å²) in [5.74, 6) is 1.69. The van der Waals surface area contributed by atoms with Gasteiger partial charge in [-0.25, -0.2) is 0 Å². The summed E-state index contributed by atoms with van der Waals surface area (Å²) in [5, 5.41) is 6.00. The first-order valence-corrected chi connectivity index (χ1v) is 11.4. The van der Waals surface area contributed by atoms with Crippen molar-refractivity contribution in [3.63, 3.8) is 0 Å². The maximum Gasteiger partial charge on any atom is 0.251 e. The molecular formula is C26H32N2O4. The van der Waals surface area contributed by atoms with Gasteiger partial charge in [0, 0.05) is 18.5 Å². The summed E-state index contributed by atoms with van der Waals surface area (Å²) in [6, 6.07) is 13.5. The molecule has 2 amide bonds.